The number of carbonyl (C=O) groups is 1. The first kappa shape index (κ1) is 8.41. The fourth-order valence-electron chi connectivity index (χ4n) is 1.76. The fourth-order valence-corrected chi connectivity index (χ4v) is 1.76. The second kappa shape index (κ2) is 3.68. The predicted octanol–water partition coefficient (Wildman–Crippen LogP) is 1.47. The Morgan fingerprint density at radius 2 is 2.23 bits per heavy atom. The lowest BCUT2D eigenvalue weighted by Gasteiger charge is -1.98. The summed E-state index contributed by atoms with van der Waals surface area (Å²) >= 11 is 0. The van der Waals surface area contributed by atoms with Crippen molar-refractivity contribution in [2.24, 2.45) is 0 Å². The average Bonchev–Trinajstić information content (AvgIpc) is 2.70. The molecule has 4 nitrogen and oxygen atoms in total. The standard InChI is InChI=1S/C9H12N2O2/c12-6-5-8-10-9(13-11-8)7-3-1-2-4-7/h6-7H,1-5H2. The molecule has 0 unspecified atom stereocenters. The Labute approximate surface area is 76.3 Å². The van der Waals surface area contributed by atoms with E-state index in [0.29, 0.717) is 17.6 Å². The van der Waals surface area contributed by atoms with E-state index in [2.05, 4.69) is 10.1 Å². The highest BCUT2D eigenvalue weighted by Crippen LogP contribution is 2.32. The summed E-state index contributed by atoms with van der Waals surface area (Å²) in [6.07, 6.45) is 5.83. The summed E-state index contributed by atoms with van der Waals surface area (Å²) in [5, 5.41) is 3.73. The minimum atomic E-state index is 0.260. The second-order valence-electron chi connectivity index (χ2n) is 3.40. The molecule has 0 bridgehead atoms. The van der Waals surface area contributed by atoms with Gasteiger partial charge in [0.05, 0.1) is 6.42 Å². The van der Waals surface area contributed by atoms with Crippen LogP contribution in [0.15, 0.2) is 4.52 Å². The highest BCUT2D eigenvalue weighted by Gasteiger charge is 2.22. The van der Waals surface area contributed by atoms with Gasteiger partial charge in [0.15, 0.2) is 5.82 Å². The molecule has 70 valence electrons. The van der Waals surface area contributed by atoms with Gasteiger partial charge in [-0.1, -0.05) is 18.0 Å². The molecule has 1 aromatic rings. The molecular formula is C9H12N2O2. The largest absolute Gasteiger partial charge is 0.339 e. The van der Waals surface area contributed by atoms with Crippen molar-refractivity contribution >= 4 is 6.29 Å². The number of carbonyl (C=O) groups excluding carboxylic acids is 1. The predicted molar refractivity (Wildman–Crippen MR) is 45.3 cm³/mol. The van der Waals surface area contributed by atoms with Crippen LogP contribution in [0.3, 0.4) is 0 Å². The van der Waals surface area contributed by atoms with Crippen LogP contribution >= 0.6 is 0 Å². The first-order valence-corrected chi connectivity index (χ1v) is 4.66. The quantitative estimate of drug-likeness (QED) is 0.661. The number of hydrogen-bond donors (Lipinski definition) is 0. The van der Waals surface area contributed by atoms with Crippen LogP contribution in [0.1, 0.15) is 43.3 Å². The molecule has 0 amide bonds. The minimum absolute atomic E-state index is 0.260. The Kier molecular flexibility index (Phi) is 2.38. The smallest absolute Gasteiger partial charge is 0.229 e. The van der Waals surface area contributed by atoms with Gasteiger partial charge in [-0.2, -0.15) is 4.98 Å². The van der Waals surface area contributed by atoms with Crippen LogP contribution in [0.2, 0.25) is 0 Å². The zero-order valence-corrected chi connectivity index (χ0v) is 7.40. The summed E-state index contributed by atoms with van der Waals surface area (Å²) in [6.45, 7) is 0. The summed E-state index contributed by atoms with van der Waals surface area (Å²) in [7, 11) is 0. The van der Waals surface area contributed by atoms with E-state index < -0.39 is 0 Å². The fraction of sp³-hybridized carbons (Fsp3) is 0.667. The van der Waals surface area contributed by atoms with E-state index in [-0.39, 0.29) is 6.42 Å². The molecule has 0 saturated heterocycles. The van der Waals surface area contributed by atoms with Crippen molar-refractivity contribution in [3.63, 3.8) is 0 Å². The molecule has 0 aliphatic heterocycles. The second-order valence-corrected chi connectivity index (χ2v) is 3.40. The van der Waals surface area contributed by atoms with Crippen molar-refractivity contribution in [1.82, 2.24) is 10.1 Å². The van der Waals surface area contributed by atoms with E-state index in [4.69, 9.17) is 4.52 Å². The van der Waals surface area contributed by atoms with Crippen LogP contribution in [0.4, 0.5) is 0 Å². The Bertz CT molecular complexity index is 290. The van der Waals surface area contributed by atoms with Crippen LogP contribution < -0.4 is 0 Å². The number of aldehydes is 1. The normalized spacial score (nSPS) is 17.8. The summed E-state index contributed by atoms with van der Waals surface area (Å²) in [5.74, 6) is 1.67. The summed E-state index contributed by atoms with van der Waals surface area (Å²) in [4.78, 5) is 14.4. The molecule has 13 heavy (non-hydrogen) atoms. The maximum atomic E-state index is 10.2. The van der Waals surface area contributed by atoms with E-state index >= 15 is 0 Å². The van der Waals surface area contributed by atoms with Crippen LogP contribution in [0.5, 0.6) is 0 Å². The molecule has 1 heterocycles. The lowest BCUT2D eigenvalue weighted by molar-refractivity contribution is -0.107. The Hall–Kier alpha value is -1.19. The monoisotopic (exact) mass is 180 g/mol. The van der Waals surface area contributed by atoms with Crippen molar-refractivity contribution in [1.29, 1.82) is 0 Å². The van der Waals surface area contributed by atoms with Gasteiger partial charge in [0.1, 0.15) is 6.29 Å². The molecule has 0 N–H and O–H groups in total. The van der Waals surface area contributed by atoms with Crippen LogP contribution in [0, 0.1) is 0 Å². The first-order valence-electron chi connectivity index (χ1n) is 4.66. The molecule has 0 aromatic carbocycles. The number of aromatic nitrogens is 2. The highest BCUT2D eigenvalue weighted by atomic mass is 16.5. The Morgan fingerprint density at radius 3 is 2.92 bits per heavy atom. The van der Waals surface area contributed by atoms with Gasteiger partial charge >= 0.3 is 0 Å². The van der Waals surface area contributed by atoms with E-state index in [1.165, 1.54) is 12.8 Å². The molecule has 0 atom stereocenters. The molecule has 1 aliphatic carbocycles. The van der Waals surface area contributed by atoms with Crippen molar-refractivity contribution in [3.05, 3.63) is 11.7 Å². The zero-order chi connectivity index (χ0) is 9.10. The Balaban J connectivity index is 2.07. The van der Waals surface area contributed by atoms with E-state index in [9.17, 15) is 4.79 Å². The van der Waals surface area contributed by atoms with Gasteiger partial charge in [-0.05, 0) is 12.8 Å². The molecule has 2 rings (SSSR count). The summed E-state index contributed by atoms with van der Waals surface area (Å²) in [5.41, 5.74) is 0. The van der Waals surface area contributed by atoms with E-state index in [0.717, 1.165) is 19.1 Å². The molecule has 1 saturated carbocycles. The van der Waals surface area contributed by atoms with E-state index in [1.807, 2.05) is 0 Å². The Morgan fingerprint density at radius 1 is 1.46 bits per heavy atom. The van der Waals surface area contributed by atoms with Gasteiger partial charge in [0.2, 0.25) is 5.89 Å². The molecule has 1 fully saturated rings. The van der Waals surface area contributed by atoms with Crippen molar-refractivity contribution in [2.45, 2.75) is 38.0 Å². The van der Waals surface area contributed by atoms with E-state index in [1.54, 1.807) is 0 Å². The van der Waals surface area contributed by atoms with Gasteiger partial charge in [-0.15, -0.1) is 0 Å². The van der Waals surface area contributed by atoms with Gasteiger partial charge in [0.25, 0.3) is 0 Å². The molecule has 1 aromatic heterocycles. The first-order chi connectivity index (χ1) is 6.40. The average molecular weight is 180 g/mol. The molecular weight excluding hydrogens is 168 g/mol. The summed E-state index contributed by atoms with van der Waals surface area (Å²) in [6, 6.07) is 0. The number of rotatable bonds is 3. The molecule has 0 radical (unpaired) electrons. The van der Waals surface area contributed by atoms with Crippen molar-refractivity contribution in [2.75, 3.05) is 0 Å². The zero-order valence-electron chi connectivity index (χ0n) is 7.40. The maximum absolute atomic E-state index is 10.2. The maximum Gasteiger partial charge on any atom is 0.229 e. The number of nitrogens with zero attached hydrogens (tertiary/aromatic N) is 2. The SMILES string of the molecule is O=CCc1noc(C2CCCC2)n1. The van der Waals surface area contributed by atoms with Crippen LogP contribution in [-0.2, 0) is 11.2 Å². The highest BCUT2D eigenvalue weighted by molar-refractivity contribution is 5.52. The van der Waals surface area contributed by atoms with Gasteiger partial charge in [-0.3, -0.25) is 0 Å². The molecule has 0 spiro atoms. The number of hydrogen-bond acceptors (Lipinski definition) is 4. The third-order valence-electron chi connectivity index (χ3n) is 2.45. The van der Waals surface area contributed by atoms with Crippen LogP contribution in [0.25, 0.3) is 0 Å². The van der Waals surface area contributed by atoms with Crippen molar-refractivity contribution in [3.8, 4) is 0 Å². The van der Waals surface area contributed by atoms with Crippen LogP contribution in [-0.4, -0.2) is 16.4 Å². The van der Waals surface area contributed by atoms with Crippen molar-refractivity contribution < 1.29 is 9.32 Å². The summed E-state index contributed by atoms with van der Waals surface area (Å²) < 4.78 is 5.08. The van der Waals surface area contributed by atoms with Gasteiger partial charge in [-0.25, -0.2) is 0 Å². The topological polar surface area (TPSA) is 56.0 Å². The molecule has 1 aliphatic rings. The lowest BCUT2D eigenvalue weighted by Crippen LogP contribution is -1.93. The lowest BCUT2D eigenvalue weighted by atomic mass is 10.1. The molecule has 4 heteroatoms. The third-order valence-corrected chi connectivity index (χ3v) is 2.45. The van der Waals surface area contributed by atoms with Gasteiger partial charge < -0.3 is 9.32 Å². The third kappa shape index (κ3) is 1.76. The minimum Gasteiger partial charge on any atom is -0.339 e. The van der Waals surface area contributed by atoms with Gasteiger partial charge in [0, 0.05) is 5.92 Å².